The Morgan fingerprint density at radius 2 is 2.08 bits per heavy atom. The molecule has 0 aliphatic carbocycles. The second-order valence-corrected chi connectivity index (χ2v) is 3.58. The lowest BCUT2D eigenvalue weighted by molar-refractivity contribution is 0.288. The number of aryl methyl sites for hydroxylation is 1. The summed E-state index contributed by atoms with van der Waals surface area (Å²) in [5.74, 6) is -0.542. The van der Waals surface area contributed by atoms with Crippen LogP contribution in [-0.4, -0.2) is 16.8 Å². The summed E-state index contributed by atoms with van der Waals surface area (Å²) >= 11 is 3.09. The zero-order valence-electron chi connectivity index (χ0n) is 6.93. The van der Waals surface area contributed by atoms with Crippen LogP contribution in [-0.2, 0) is 6.42 Å². The maximum atomic E-state index is 13.1. The van der Waals surface area contributed by atoms with E-state index < -0.39 is 5.82 Å². The van der Waals surface area contributed by atoms with E-state index in [9.17, 15) is 4.39 Å². The number of phenolic OH excluding ortho intramolecular Hbond substituents is 1. The molecule has 1 aromatic carbocycles. The van der Waals surface area contributed by atoms with Crippen molar-refractivity contribution in [2.75, 3.05) is 6.61 Å². The standard InChI is InChI=1S/C9H10BrFO2/c10-7-4-6(2-1-3-12)8(11)5-9(7)13/h4-5,12-13H,1-3H2. The van der Waals surface area contributed by atoms with Gasteiger partial charge in [-0.05, 0) is 40.4 Å². The van der Waals surface area contributed by atoms with Gasteiger partial charge in [-0.25, -0.2) is 4.39 Å². The lowest BCUT2D eigenvalue weighted by Crippen LogP contribution is -1.93. The molecule has 0 saturated carbocycles. The number of benzene rings is 1. The normalized spacial score (nSPS) is 10.4. The Kier molecular flexibility index (Phi) is 3.69. The van der Waals surface area contributed by atoms with Crippen LogP contribution in [0.4, 0.5) is 4.39 Å². The highest BCUT2D eigenvalue weighted by Gasteiger charge is 2.06. The molecule has 0 atom stereocenters. The number of aromatic hydroxyl groups is 1. The van der Waals surface area contributed by atoms with Gasteiger partial charge >= 0.3 is 0 Å². The van der Waals surface area contributed by atoms with Crippen molar-refractivity contribution in [2.45, 2.75) is 12.8 Å². The van der Waals surface area contributed by atoms with E-state index in [1.807, 2.05) is 0 Å². The first-order valence-corrected chi connectivity index (χ1v) is 4.72. The first-order chi connectivity index (χ1) is 6.15. The van der Waals surface area contributed by atoms with Gasteiger partial charge in [0.05, 0.1) is 4.47 Å². The van der Waals surface area contributed by atoms with Crippen LogP contribution in [0.2, 0.25) is 0 Å². The largest absolute Gasteiger partial charge is 0.507 e. The third kappa shape index (κ3) is 2.67. The van der Waals surface area contributed by atoms with Crippen LogP contribution in [0.25, 0.3) is 0 Å². The fraction of sp³-hybridized carbons (Fsp3) is 0.333. The molecule has 1 aromatic rings. The predicted molar refractivity (Wildman–Crippen MR) is 51.2 cm³/mol. The highest BCUT2D eigenvalue weighted by molar-refractivity contribution is 9.10. The molecule has 2 nitrogen and oxygen atoms in total. The predicted octanol–water partition coefficient (Wildman–Crippen LogP) is 2.22. The quantitative estimate of drug-likeness (QED) is 0.862. The summed E-state index contributed by atoms with van der Waals surface area (Å²) in [5.41, 5.74) is 0.499. The van der Waals surface area contributed by atoms with Gasteiger partial charge in [-0.3, -0.25) is 0 Å². The molecule has 1 rings (SSSR count). The zero-order chi connectivity index (χ0) is 9.84. The molecule has 0 spiro atoms. The molecule has 0 fully saturated rings. The summed E-state index contributed by atoms with van der Waals surface area (Å²) in [4.78, 5) is 0. The van der Waals surface area contributed by atoms with Crippen molar-refractivity contribution in [1.29, 1.82) is 0 Å². The number of phenols is 1. The molecule has 0 radical (unpaired) electrons. The van der Waals surface area contributed by atoms with Crippen molar-refractivity contribution in [2.24, 2.45) is 0 Å². The number of aliphatic hydroxyl groups is 1. The Balaban J connectivity index is 2.88. The van der Waals surface area contributed by atoms with Gasteiger partial charge in [0, 0.05) is 12.7 Å². The van der Waals surface area contributed by atoms with Crippen molar-refractivity contribution >= 4 is 15.9 Å². The first-order valence-electron chi connectivity index (χ1n) is 3.93. The second kappa shape index (κ2) is 4.58. The van der Waals surface area contributed by atoms with Gasteiger partial charge in [-0.15, -0.1) is 0 Å². The van der Waals surface area contributed by atoms with Gasteiger partial charge < -0.3 is 10.2 Å². The fourth-order valence-corrected chi connectivity index (χ4v) is 1.43. The minimum absolute atomic E-state index is 0.0396. The summed E-state index contributed by atoms with van der Waals surface area (Å²) in [6, 6.07) is 2.59. The van der Waals surface area contributed by atoms with Crippen LogP contribution >= 0.6 is 15.9 Å². The molecule has 0 aliphatic rings. The Morgan fingerprint density at radius 1 is 1.38 bits per heavy atom. The number of aliphatic hydroxyl groups excluding tert-OH is 1. The van der Waals surface area contributed by atoms with Gasteiger partial charge in [0.2, 0.25) is 0 Å². The van der Waals surface area contributed by atoms with Crippen molar-refractivity contribution in [3.63, 3.8) is 0 Å². The molecule has 13 heavy (non-hydrogen) atoms. The topological polar surface area (TPSA) is 40.5 Å². The summed E-state index contributed by atoms with van der Waals surface area (Å²) in [6.07, 6.45) is 0.995. The number of halogens is 2. The zero-order valence-corrected chi connectivity index (χ0v) is 8.51. The third-order valence-corrected chi connectivity index (χ3v) is 2.36. The smallest absolute Gasteiger partial charge is 0.132 e. The summed E-state index contributed by atoms with van der Waals surface area (Å²) in [5, 5.41) is 17.7. The van der Waals surface area contributed by atoms with Crippen molar-refractivity contribution < 1.29 is 14.6 Å². The van der Waals surface area contributed by atoms with E-state index in [0.717, 1.165) is 6.07 Å². The average molecular weight is 249 g/mol. The Morgan fingerprint density at radius 3 is 2.69 bits per heavy atom. The Bertz CT molecular complexity index is 302. The number of hydrogen-bond donors (Lipinski definition) is 2. The molecular weight excluding hydrogens is 239 g/mol. The number of hydrogen-bond acceptors (Lipinski definition) is 2. The van der Waals surface area contributed by atoms with Crippen molar-refractivity contribution in [3.05, 3.63) is 28.0 Å². The molecule has 0 bridgehead atoms. The van der Waals surface area contributed by atoms with Gasteiger partial charge in [0.1, 0.15) is 11.6 Å². The maximum Gasteiger partial charge on any atom is 0.132 e. The molecule has 0 aliphatic heterocycles. The van der Waals surface area contributed by atoms with Crippen LogP contribution in [0.5, 0.6) is 5.75 Å². The third-order valence-electron chi connectivity index (χ3n) is 1.72. The summed E-state index contributed by atoms with van der Waals surface area (Å²) in [6.45, 7) is 0.0396. The van der Waals surface area contributed by atoms with Crippen LogP contribution in [0.15, 0.2) is 16.6 Å². The monoisotopic (exact) mass is 248 g/mol. The van der Waals surface area contributed by atoms with E-state index in [2.05, 4.69) is 15.9 Å². The molecule has 0 unspecified atom stereocenters. The molecule has 2 N–H and O–H groups in total. The Hall–Kier alpha value is -0.610. The van der Waals surface area contributed by atoms with E-state index in [-0.39, 0.29) is 12.4 Å². The molecule has 72 valence electrons. The van der Waals surface area contributed by atoms with Crippen LogP contribution in [0, 0.1) is 5.82 Å². The molecular formula is C9H10BrFO2. The summed E-state index contributed by atoms with van der Waals surface area (Å²) in [7, 11) is 0. The molecule has 0 amide bonds. The molecule has 0 heterocycles. The second-order valence-electron chi connectivity index (χ2n) is 2.72. The maximum absolute atomic E-state index is 13.1. The minimum Gasteiger partial charge on any atom is -0.507 e. The van der Waals surface area contributed by atoms with Gasteiger partial charge in [-0.2, -0.15) is 0 Å². The van der Waals surface area contributed by atoms with E-state index in [1.165, 1.54) is 6.07 Å². The van der Waals surface area contributed by atoms with Crippen LogP contribution in [0.3, 0.4) is 0 Å². The molecule has 0 saturated heterocycles. The summed E-state index contributed by atoms with van der Waals surface area (Å²) < 4.78 is 13.6. The average Bonchev–Trinajstić information content (AvgIpc) is 2.09. The van der Waals surface area contributed by atoms with E-state index in [4.69, 9.17) is 10.2 Å². The van der Waals surface area contributed by atoms with Crippen molar-refractivity contribution in [1.82, 2.24) is 0 Å². The lowest BCUT2D eigenvalue weighted by Gasteiger charge is -2.04. The minimum atomic E-state index is -0.436. The van der Waals surface area contributed by atoms with Gasteiger partial charge in [-0.1, -0.05) is 0 Å². The van der Waals surface area contributed by atoms with Crippen molar-refractivity contribution in [3.8, 4) is 5.75 Å². The first kappa shape index (κ1) is 10.5. The van der Waals surface area contributed by atoms with Gasteiger partial charge in [0.25, 0.3) is 0 Å². The van der Waals surface area contributed by atoms with E-state index in [1.54, 1.807) is 0 Å². The van der Waals surface area contributed by atoms with E-state index >= 15 is 0 Å². The molecule has 0 aromatic heterocycles. The fourth-order valence-electron chi connectivity index (χ4n) is 1.04. The highest BCUT2D eigenvalue weighted by atomic mass is 79.9. The Labute approximate surface area is 84.1 Å². The van der Waals surface area contributed by atoms with Crippen LogP contribution in [0.1, 0.15) is 12.0 Å². The molecule has 4 heteroatoms. The van der Waals surface area contributed by atoms with E-state index in [0.29, 0.717) is 22.9 Å². The lowest BCUT2D eigenvalue weighted by atomic mass is 10.1. The SMILES string of the molecule is OCCCc1cc(Br)c(O)cc1F. The highest BCUT2D eigenvalue weighted by Crippen LogP contribution is 2.27. The van der Waals surface area contributed by atoms with Gasteiger partial charge in [0.15, 0.2) is 0 Å². The van der Waals surface area contributed by atoms with Crippen LogP contribution < -0.4 is 0 Å². The number of rotatable bonds is 3.